The number of nitrogens with one attached hydrogen (secondary N) is 1. The van der Waals surface area contributed by atoms with E-state index in [4.69, 9.17) is 0 Å². The quantitative estimate of drug-likeness (QED) is 0.911. The molecule has 2 nitrogen and oxygen atoms in total. The number of benzene rings is 2. The highest BCUT2D eigenvalue weighted by atomic mass is 15.1. The van der Waals surface area contributed by atoms with Gasteiger partial charge in [-0.05, 0) is 55.4 Å². The highest BCUT2D eigenvalue weighted by Gasteiger charge is 2.16. The van der Waals surface area contributed by atoms with Crippen molar-refractivity contribution in [2.24, 2.45) is 0 Å². The Balaban J connectivity index is 1.79. The average molecular weight is 268 g/mol. The van der Waals surface area contributed by atoms with Gasteiger partial charge in [0.25, 0.3) is 0 Å². The van der Waals surface area contributed by atoms with Crippen molar-refractivity contribution in [3.63, 3.8) is 0 Å². The largest absolute Gasteiger partial charge is 0.312 e. The second kappa shape index (κ2) is 6.38. The molecule has 3 rings (SSSR count). The predicted octanol–water partition coefficient (Wildman–Crippen LogP) is 3.59. The van der Waals surface area contributed by atoms with Crippen LogP contribution in [0.25, 0.3) is 10.8 Å². The lowest BCUT2D eigenvalue weighted by atomic mass is 10.0. The molecular formula is C18H24N2. The van der Waals surface area contributed by atoms with Crippen molar-refractivity contribution < 1.29 is 0 Å². The Morgan fingerprint density at radius 2 is 1.75 bits per heavy atom. The molecule has 0 bridgehead atoms. The minimum atomic E-state index is 0.428. The predicted molar refractivity (Wildman–Crippen MR) is 86.0 cm³/mol. The molecule has 0 radical (unpaired) electrons. The minimum Gasteiger partial charge on any atom is -0.312 e. The van der Waals surface area contributed by atoms with Crippen LogP contribution in [-0.2, 0) is 0 Å². The lowest BCUT2D eigenvalue weighted by Gasteiger charge is -2.30. The standard InChI is InChI=1S/C18H24N2/c1-19-18(14-20-11-5-2-6-12-20)17-10-9-15-7-3-4-8-16(15)13-17/h3-4,7-10,13,18-19H,2,5-6,11-12,14H2,1H3/t18-/m0/s1. The van der Waals surface area contributed by atoms with Gasteiger partial charge in [-0.1, -0.05) is 42.8 Å². The number of nitrogens with zero attached hydrogens (tertiary/aromatic N) is 1. The van der Waals surface area contributed by atoms with E-state index in [-0.39, 0.29) is 0 Å². The van der Waals surface area contributed by atoms with Crippen LogP contribution in [0.5, 0.6) is 0 Å². The summed E-state index contributed by atoms with van der Waals surface area (Å²) >= 11 is 0. The van der Waals surface area contributed by atoms with E-state index in [1.165, 1.54) is 48.7 Å². The zero-order chi connectivity index (χ0) is 13.8. The van der Waals surface area contributed by atoms with Crippen molar-refractivity contribution in [1.82, 2.24) is 10.2 Å². The SMILES string of the molecule is CN[C@@H](CN1CCCCC1)c1ccc2ccccc2c1. The van der Waals surface area contributed by atoms with E-state index < -0.39 is 0 Å². The van der Waals surface area contributed by atoms with Gasteiger partial charge < -0.3 is 10.2 Å². The number of likely N-dealkylation sites (N-methyl/N-ethyl adjacent to an activating group) is 1. The van der Waals surface area contributed by atoms with Crippen molar-refractivity contribution in [2.75, 3.05) is 26.7 Å². The third-order valence-electron chi connectivity index (χ3n) is 4.41. The van der Waals surface area contributed by atoms with Crippen molar-refractivity contribution in [3.05, 3.63) is 48.0 Å². The first-order chi connectivity index (χ1) is 9.86. The maximum Gasteiger partial charge on any atom is 0.0447 e. The zero-order valence-corrected chi connectivity index (χ0v) is 12.3. The van der Waals surface area contributed by atoms with Crippen molar-refractivity contribution in [2.45, 2.75) is 25.3 Å². The second-order valence-electron chi connectivity index (χ2n) is 5.81. The van der Waals surface area contributed by atoms with Gasteiger partial charge in [0.1, 0.15) is 0 Å². The molecule has 0 amide bonds. The molecule has 1 atom stereocenters. The van der Waals surface area contributed by atoms with Crippen molar-refractivity contribution in [3.8, 4) is 0 Å². The minimum absolute atomic E-state index is 0.428. The van der Waals surface area contributed by atoms with Gasteiger partial charge in [-0.25, -0.2) is 0 Å². The van der Waals surface area contributed by atoms with Crippen LogP contribution in [0.3, 0.4) is 0 Å². The number of hydrogen-bond donors (Lipinski definition) is 1. The van der Waals surface area contributed by atoms with E-state index in [0.29, 0.717) is 6.04 Å². The summed E-state index contributed by atoms with van der Waals surface area (Å²) in [5.41, 5.74) is 1.40. The molecule has 0 spiro atoms. The molecule has 2 aromatic carbocycles. The fraction of sp³-hybridized carbons (Fsp3) is 0.444. The Hall–Kier alpha value is -1.38. The Labute approximate surface area is 121 Å². The van der Waals surface area contributed by atoms with Crippen LogP contribution in [-0.4, -0.2) is 31.6 Å². The van der Waals surface area contributed by atoms with Crippen LogP contribution in [0.1, 0.15) is 30.9 Å². The second-order valence-corrected chi connectivity index (χ2v) is 5.81. The first-order valence-electron chi connectivity index (χ1n) is 7.75. The summed E-state index contributed by atoms with van der Waals surface area (Å²) in [6, 6.07) is 15.9. The monoisotopic (exact) mass is 268 g/mol. The molecule has 106 valence electrons. The van der Waals surface area contributed by atoms with Gasteiger partial charge in [-0.2, -0.15) is 0 Å². The molecule has 2 aromatic rings. The Kier molecular flexibility index (Phi) is 4.34. The van der Waals surface area contributed by atoms with E-state index in [9.17, 15) is 0 Å². The van der Waals surface area contributed by atoms with Gasteiger partial charge >= 0.3 is 0 Å². The smallest absolute Gasteiger partial charge is 0.0447 e. The summed E-state index contributed by atoms with van der Waals surface area (Å²) < 4.78 is 0. The van der Waals surface area contributed by atoms with Crippen LogP contribution in [0.15, 0.2) is 42.5 Å². The highest BCUT2D eigenvalue weighted by Crippen LogP contribution is 2.22. The average Bonchev–Trinajstić information content (AvgIpc) is 2.53. The topological polar surface area (TPSA) is 15.3 Å². The summed E-state index contributed by atoms with van der Waals surface area (Å²) in [6.45, 7) is 3.63. The lowest BCUT2D eigenvalue weighted by molar-refractivity contribution is 0.208. The number of piperidine rings is 1. The zero-order valence-electron chi connectivity index (χ0n) is 12.3. The molecule has 1 N–H and O–H groups in total. The molecule has 2 heteroatoms. The van der Waals surface area contributed by atoms with Gasteiger partial charge in [-0.15, -0.1) is 0 Å². The van der Waals surface area contributed by atoms with Gasteiger partial charge in [0.15, 0.2) is 0 Å². The number of likely N-dealkylation sites (tertiary alicyclic amines) is 1. The maximum atomic E-state index is 3.49. The van der Waals surface area contributed by atoms with Gasteiger partial charge in [0.2, 0.25) is 0 Å². The van der Waals surface area contributed by atoms with Gasteiger partial charge in [0, 0.05) is 12.6 Å². The Morgan fingerprint density at radius 1 is 1.00 bits per heavy atom. The van der Waals surface area contributed by atoms with Crippen molar-refractivity contribution >= 4 is 10.8 Å². The summed E-state index contributed by atoms with van der Waals surface area (Å²) in [6.07, 6.45) is 4.11. The van der Waals surface area contributed by atoms with E-state index in [2.05, 4.69) is 59.7 Å². The van der Waals surface area contributed by atoms with Gasteiger partial charge in [0.05, 0.1) is 0 Å². The highest BCUT2D eigenvalue weighted by molar-refractivity contribution is 5.83. The van der Waals surface area contributed by atoms with Crippen LogP contribution in [0.2, 0.25) is 0 Å². The first kappa shape index (κ1) is 13.6. The van der Waals surface area contributed by atoms with E-state index in [0.717, 1.165) is 6.54 Å². The first-order valence-corrected chi connectivity index (χ1v) is 7.75. The van der Waals surface area contributed by atoms with Gasteiger partial charge in [-0.3, -0.25) is 0 Å². The van der Waals surface area contributed by atoms with Crippen LogP contribution in [0.4, 0.5) is 0 Å². The Morgan fingerprint density at radius 3 is 2.50 bits per heavy atom. The van der Waals surface area contributed by atoms with E-state index >= 15 is 0 Å². The third-order valence-corrected chi connectivity index (χ3v) is 4.41. The summed E-state index contributed by atoms with van der Waals surface area (Å²) in [5, 5.41) is 6.15. The summed E-state index contributed by atoms with van der Waals surface area (Å²) in [7, 11) is 2.07. The molecule has 1 fully saturated rings. The fourth-order valence-corrected chi connectivity index (χ4v) is 3.19. The number of hydrogen-bond acceptors (Lipinski definition) is 2. The summed E-state index contributed by atoms with van der Waals surface area (Å²) in [4.78, 5) is 2.60. The molecule has 1 heterocycles. The Bertz CT molecular complexity index is 558. The molecule has 1 saturated heterocycles. The van der Waals surface area contributed by atoms with Crippen LogP contribution < -0.4 is 5.32 Å². The van der Waals surface area contributed by atoms with Crippen molar-refractivity contribution in [1.29, 1.82) is 0 Å². The normalized spacial score (nSPS) is 18.2. The molecule has 1 aliphatic heterocycles. The molecule has 0 saturated carbocycles. The lowest BCUT2D eigenvalue weighted by Crippen LogP contribution is -2.37. The molecular weight excluding hydrogens is 244 g/mol. The third kappa shape index (κ3) is 3.02. The number of rotatable bonds is 4. The van der Waals surface area contributed by atoms with Crippen LogP contribution in [0, 0.1) is 0 Å². The molecule has 0 unspecified atom stereocenters. The molecule has 0 aliphatic carbocycles. The molecule has 0 aromatic heterocycles. The number of fused-ring (bicyclic) bond motifs is 1. The maximum absolute atomic E-state index is 3.49. The summed E-state index contributed by atoms with van der Waals surface area (Å²) in [5.74, 6) is 0. The molecule has 20 heavy (non-hydrogen) atoms. The van der Waals surface area contributed by atoms with E-state index in [1.54, 1.807) is 0 Å². The fourth-order valence-electron chi connectivity index (χ4n) is 3.19. The van der Waals surface area contributed by atoms with Crippen LogP contribution >= 0.6 is 0 Å². The van der Waals surface area contributed by atoms with E-state index in [1.807, 2.05) is 0 Å². The molecule has 1 aliphatic rings.